The molecule has 1 aromatic carbocycles. The van der Waals surface area contributed by atoms with Crippen LogP contribution in [0.15, 0.2) is 36.4 Å². The third kappa shape index (κ3) is 33.8. The second kappa shape index (κ2) is 40.7. The van der Waals surface area contributed by atoms with Crippen molar-refractivity contribution in [3.8, 4) is 0 Å². The van der Waals surface area contributed by atoms with E-state index in [1.165, 1.54) is 7.11 Å². The number of aliphatic hydroxyl groups is 1. The number of aliphatic hydroxyl groups excluding tert-OH is 1. The van der Waals surface area contributed by atoms with E-state index in [0.717, 1.165) is 25.0 Å². The number of methoxy groups -OCH3 is 1. The van der Waals surface area contributed by atoms with Crippen molar-refractivity contribution in [3.05, 3.63) is 42.0 Å². The summed E-state index contributed by atoms with van der Waals surface area (Å²) >= 11 is 0. The second-order valence-corrected chi connectivity index (χ2v) is 14.8. The fourth-order valence-corrected chi connectivity index (χ4v) is 5.32. The monoisotopic (exact) mass is 942 g/mol. The van der Waals surface area contributed by atoms with Crippen LogP contribution in [0.5, 0.6) is 0 Å². The number of unbranched alkanes of at least 4 members (excludes halogenated alkanes) is 2. The Morgan fingerprint density at radius 3 is 1.53 bits per heavy atom. The van der Waals surface area contributed by atoms with Gasteiger partial charge in [-0.1, -0.05) is 32.4 Å². The van der Waals surface area contributed by atoms with Gasteiger partial charge in [0.25, 0.3) is 0 Å². The third-order valence-electron chi connectivity index (χ3n) is 9.02. The predicted octanol–water partition coefficient (Wildman–Crippen LogP) is 0.808. The molecule has 0 aliphatic carbocycles. The standard InChI is InChI=1S/C45H75N5O16/c1-35(2)43(45(57)48-36(3)44(56)49-38-11-9-37(34-51)10-12-38)50-41(54)15-18-59-20-22-61-24-26-63-28-30-65-32-33-66-31-29-64-27-25-62-23-21-60-19-17-47-39(52)8-6-5-7-16-46-40(53)13-14-42(55)58-4/h9-14,35-36,43,51H,5-8,15-34H2,1-4H3,(H,46,53)(H,47,52)(H,48,57)(H,49,56)(H,50,54)/b14-13-. The molecule has 21 nitrogen and oxygen atoms in total. The molecule has 0 fully saturated rings. The number of benzene rings is 1. The van der Waals surface area contributed by atoms with Crippen molar-refractivity contribution in [2.75, 3.05) is 131 Å². The molecule has 5 amide bonds. The van der Waals surface area contributed by atoms with Crippen LogP contribution in [-0.2, 0) is 78.0 Å². The zero-order valence-electron chi connectivity index (χ0n) is 39.2. The Morgan fingerprint density at radius 2 is 1.05 bits per heavy atom. The number of esters is 1. The summed E-state index contributed by atoms with van der Waals surface area (Å²) < 4.78 is 48.3. The van der Waals surface area contributed by atoms with Gasteiger partial charge in [-0.25, -0.2) is 4.79 Å². The molecule has 0 radical (unpaired) electrons. The fraction of sp³-hybridized carbons (Fsp3) is 0.689. The molecule has 376 valence electrons. The summed E-state index contributed by atoms with van der Waals surface area (Å²) in [6.45, 7) is 12.1. The highest BCUT2D eigenvalue weighted by Gasteiger charge is 2.27. The number of hydrogen-bond acceptors (Lipinski definition) is 16. The Hall–Kier alpha value is -4.58. The lowest BCUT2D eigenvalue weighted by atomic mass is 10.0. The minimum Gasteiger partial charge on any atom is -0.466 e. The number of ether oxygens (including phenoxy) is 9. The molecule has 1 rings (SSSR count). The van der Waals surface area contributed by atoms with E-state index >= 15 is 0 Å². The molecular weight excluding hydrogens is 867 g/mol. The summed E-state index contributed by atoms with van der Waals surface area (Å²) in [4.78, 5) is 72.4. The average Bonchev–Trinajstić information content (AvgIpc) is 3.30. The third-order valence-corrected chi connectivity index (χ3v) is 9.02. The van der Waals surface area contributed by atoms with E-state index in [1.54, 1.807) is 45.0 Å². The fourth-order valence-electron chi connectivity index (χ4n) is 5.32. The number of nitrogens with one attached hydrogen (secondary N) is 5. The Kier molecular flexibility index (Phi) is 36.6. The number of carbonyl (C=O) groups excluding carboxylic acids is 6. The second-order valence-electron chi connectivity index (χ2n) is 14.8. The zero-order valence-corrected chi connectivity index (χ0v) is 39.2. The molecule has 2 unspecified atom stereocenters. The van der Waals surface area contributed by atoms with Crippen molar-refractivity contribution in [2.45, 2.75) is 71.6 Å². The number of hydrogen-bond donors (Lipinski definition) is 6. The minimum absolute atomic E-state index is 0.0523. The molecule has 0 aliphatic heterocycles. The average molecular weight is 942 g/mol. The Balaban J connectivity index is 1.85. The molecule has 0 aromatic heterocycles. The van der Waals surface area contributed by atoms with Gasteiger partial charge in [-0.05, 0) is 43.4 Å². The van der Waals surface area contributed by atoms with E-state index in [-0.39, 0.29) is 43.3 Å². The van der Waals surface area contributed by atoms with E-state index in [2.05, 4.69) is 31.3 Å². The molecule has 0 heterocycles. The van der Waals surface area contributed by atoms with Crippen LogP contribution in [0.4, 0.5) is 5.69 Å². The molecule has 2 atom stereocenters. The van der Waals surface area contributed by atoms with Crippen LogP contribution in [-0.4, -0.2) is 179 Å². The summed E-state index contributed by atoms with van der Waals surface area (Å²) in [5.41, 5.74) is 1.24. The quantitative estimate of drug-likeness (QED) is 0.0301. The smallest absolute Gasteiger partial charge is 0.330 e. The van der Waals surface area contributed by atoms with Crippen LogP contribution < -0.4 is 26.6 Å². The summed E-state index contributed by atoms with van der Waals surface area (Å²) in [7, 11) is 1.24. The maximum atomic E-state index is 12.9. The van der Waals surface area contributed by atoms with E-state index in [1.807, 2.05) is 0 Å². The van der Waals surface area contributed by atoms with Crippen molar-refractivity contribution in [1.29, 1.82) is 0 Å². The highest BCUT2D eigenvalue weighted by atomic mass is 16.6. The van der Waals surface area contributed by atoms with E-state index < -0.39 is 29.9 Å². The number of anilines is 1. The summed E-state index contributed by atoms with van der Waals surface area (Å²) in [5.74, 6) is -2.47. The molecule has 66 heavy (non-hydrogen) atoms. The molecular formula is C45H75N5O16. The van der Waals surface area contributed by atoms with Crippen LogP contribution in [0, 0.1) is 5.92 Å². The molecule has 0 bridgehead atoms. The largest absolute Gasteiger partial charge is 0.466 e. The van der Waals surface area contributed by atoms with Crippen molar-refractivity contribution in [2.24, 2.45) is 5.92 Å². The van der Waals surface area contributed by atoms with Crippen LogP contribution >= 0.6 is 0 Å². The first kappa shape index (κ1) is 59.4. The summed E-state index contributed by atoms with van der Waals surface area (Å²) in [6, 6.07) is 5.02. The van der Waals surface area contributed by atoms with Gasteiger partial charge in [0.15, 0.2) is 0 Å². The molecule has 21 heteroatoms. The minimum atomic E-state index is -0.849. The zero-order chi connectivity index (χ0) is 48.5. The normalized spacial score (nSPS) is 12.2. The van der Waals surface area contributed by atoms with Gasteiger partial charge in [-0.2, -0.15) is 0 Å². The van der Waals surface area contributed by atoms with E-state index in [4.69, 9.17) is 37.9 Å². The molecule has 6 N–H and O–H groups in total. The van der Waals surface area contributed by atoms with Gasteiger partial charge >= 0.3 is 5.97 Å². The maximum Gasteiger partial charge on any atom is 0.330 e. The Labute approximate surface area is 389 Å². The molecule has 0 saturated heterocycles. The number of carbonyl (C=O) groups is 6. The summed E-state index contributed by atoms with van der Waals surface area (Å²) in [5, 5.41) is 22.7. The molecule has 0 spiro atoms. The van der Waals surface area contributed by atoms with E-state index in [0.29, 0.717) is 136 Å². The van der Waals surface area contributed by atoms with Crippen molar-refractivity contribution >= 4 is 41.2 Å². The Bertz CT molecular complexity index is 1500. The van der Waals surface area contributed by atoms with Gasteiger partial charge in [-0.3, -0.25) is 24.0 Å². The highest BCUT2D eigenvalue weighted by Crippen LogP contribution is 2.10. The van der Waals surface area contributed by atoms with Gasteiger partial charge in [0, 0.05) is 43.8 Å². The van der Waals surface area contributed by atoms with Crippen LogP contribution in [0.3, 0.4) is 0 Å². The van der Waals surface area contributed by atoms with Crippen molar-refractivity contribution in [1.82, 2.24) is 21.3 Å². The van der Waals surface area contributed by atoms with Gasteiger partial charge in [0.2, 0.25) is 29.5 Å². The first-order chi connectivity index (χ1) is 32.0. The highest BCUT2D eigenvalue weighted by molar-refractivity contribution is 5.98. The Morgan fingerprint density at radius 1 is 0.545 bits per heavy atom. The summed E-state index contributed by atoms with van der Waals surface area (Å²) in [6.07, 6.45) is 4.84. The lowest BCUT2D eigenvalue weighted by molar-refractivity contribution is -0.135. The first-order valence-electron chi connectivity index (χ1n) is 22.5. The molecule has 0 aliphatic rings. The van der Waals surface area contributed by atoms with Crippen LogP contribution in [0.1, 0.15) is 58.4 Å². The topological polar surface area (TPSA) is 266 Å². The SMILES string of the molecule is COC(=O)/C=C\C(=O)NCCCCCC(=O)NCCOCCOCCOCCOCCOCCOCCOCCOCCC(=O)NC(C(=O)NC(C)C(=O)Nc1ccc(CO)cc1)C(C)C. The molecule has 1 aromatic rings. The first-order valence-corrected chi connectivity index (χ1v) is 22.5. The maximum absolute atomic E-state index is 12.9. The van der Waals surface area contributed by atoms with Gasteiger partial charge < -0.3 is 74.3 Å². The van der Waals surface area contributed by atoms with Crippen LogP contribution in [0.2, 0.25) is 0 Å². The molecule has 0 saturated carbocycles. The lowest BCUT2D eigenvalue weighted by Gasteiger charge is -2.24. The van der Waals surface area contributed by atoms with E-state index in [9.17, 15) is 33.9 Å². The predicted molar refractivity (Wildman–Crippen MR) is 242 cm³/mol. The number of amides is 5. The van der Waals surface area contributed by atoms with Gasteiger partial charge in [-0.15, -0.1) is 0 Å². The van der Waals surface area contributed by atoms with Gasteiger partial charge in [0.05, 0.1) is 119 Å². The number of rotatable bonds is 42. The van der Waals surface area contributed by atoms with Crippen molar-refractivity contribution < 1.29 is 76.5 Å². The van der Waals surface area contributed by atoms with Gasteiger partial charge in [0.1, 0.15) is 12.1 Å². The lowest BCUT2D eigenvalue weighted by Crippen LogP contribution is -2.53. The van der Waals surface area contributed by atoms with Crippen molar-refractivity contribution in [3.63, 3.8) is 0 Å². The van der Waals surface area contributed by atoms with Crippen LogP contribution in [0.25, 0.3) is 0 Å².